The van der Waals surface area contributed by atoms with E-state index < -0.39 is 0 Å². The summed E-state index contributed by atoms with van der Waals surface area (Å²) in [7, 11) is 0. The van der Waals surface area contributed by atoms with Crippen LogP contribution >= 0.6 is 12.4 Å². The molecule has 0 aliphatic carbocycles. The monoisotopic (exact) mass is 275 g/mol. The summed E-state index contributed by atoms with van der Waals surface area (Å²) in [6.45, 7) is 2.83. The highest BCUT2D eigenvalue weighted by molar-refractivity contribution is 5.85. The Balaban J connectivity index is 0.00000180. The molecule has 0 spiro atoms. The second-order valence-corrected chi connectivity index (χ2v) is 4.62. The SMILES string of the molecule is CCCCc1ccccc1-c1ccccc1CN.Cl. The van der Waals surface area contributed by atoms with Crippen molar-refractivity contribution < 1.29 is 0 Å². The quantitative estimate of drug-likeness (QED) is 0.849. The zero-order chi connectivity index (χ0) is 12.8. The lowest BCUT2D eigenvalue weighted by Crippen LogP contribution is -2.00. The van der Waals surface area contributed by atoms with Gasteiger partial charge in [0.2, 0.25) is 0 Å². The van der Waals surface area contributed by atoms with Crippen LogP contribution in [0.3, 0.4) is 0 Å². The molecular weight excluding hydrogens is 254 g/mol. The minimum absolute atomic E-state index is 0. The number of halogens is 1. The van der Waals surface area contributed by atoms with Gasteiger partial charge < -0.3 is 5.73 Å². The van der Waals surface area contributed by atoms with E-state index in [-0.39, 0.29) is 12.4 Å². The number of hydrogen-bond acceptors (Lipinski definition) is 1. The molecule has 0 saturated carbocycles. The number of benzene rings is 2. The van der Waals surface area contributed by atoms with Gasteiger partial charge in [0, 0.05) is 6.54 Å². The van der Waals surface area contributed by atoms with Crippen LogP contribution in [0.5, 0.6) is 0 Å². The summed E-state index contributed by atoms with van der Waals surface area (Å²) >= 11 is 0. The van der Waals surface area contributed by atoms with E-state index in [1.54, 1.807) is 0 Å². The van der Waals surface area contributed by atoms with Crippen molar-refractivity contribution in [1.29, 1.82) is 0 Å². The molecule has 0 amide bonds. The van der Waals surface area contributed by atoms with Gasteiger partial charge >= 0.3 is 0 Å². The summed E-state index contributed by atoms with van der Waals surface area (Å²) in [5, 5.41) is 0. The second-order valence-electron chi connectivity index (χ2n) is 4.62. The summed E-state index contributed by atoms with van der Waals surface area (Å²) < 4.78 is 0. The highest BCUT2D eigenvalue weighted by Crippen LogP contribution is 2.27. The topological polar surface area (TPSA) is 26.0 Å². The molecule has 2 aromatic carbocycles. The van der Waals surface area contributed by atoms with E-state index in [2.05, 4.69) is 55.5 Å². The molecule has 0 atom stereocenters. The molecule has 0 heterocycles. The van der Waals surface area contributed by atoms with Gasteiger partial charge in [-0.15, -0.1) is 12.4 Å². The van der Waals surface area contributed by atoms with Crippen LogP contribution in [0.15, 0.2) is 48.5 Å². The highest BCUT2D eigenvalue weighted by Gasteiger charge is 2.07. The van der Waals surface area contributed by atoms with Crippen molar-refractivity contribution in [3.8, 4) is 11.1 Å². The minimum Gasteiger partial charge on any atom is -0.326 e. The van der Waals surface area contributed by atoms with Crippen molar-refractivity contribution in [2.45, 2.75) is 32.7 Å². The standard InChI is InChI=1S/C17H21N.ClH/c1-2-3-8-14-9-4-6-11-16(14)17-12-7-5-10-15(17)13-18;/h4-7,9-12H,2-3,8,13,18H2,1H3;1H. The Morgan fingerprint density at radius 2 is 1.37 bits per heavy atom. The number of rotatable bonds is 5. The van der Waals surface area contributed by atoms with Crippen molar-refractivity contribution in [3.05, 3.63) is 59.7 Å². The Morgan fingerprint density at radius 3 is 1.95 bits per heavy atom. The second kappa shape index (κ2) is 7.98. The molecule has 0 saturated heterocycles. The van der Waals surface area contributed by atoms with Gasteiger partial charge in [-0.25, -0.2) is 0 Å². The molecule has 0 fully saturated rings. The fourth-order valence-electron chi connectivity index (χ4n) is 2.33. The van der Waals surface area contributed by atoms with Crippen LogP contribution in [0, 0.1) is 0 Å². The third-order valence-corrected chi connectivity index (χ3v) is 3.34. The molecule has 0 aliphatic heterocycles. The zero-order valence-electron chi connectivity index (χ0n) is 11.4. The van der Waals surface area contributed by atoms with Gasteiger partial charge in [0.1, 0.15) is 0 Å². The number of nitrogens with two attached hydrogens (primary N) is 1. The first-order chi connectivity index (χ1) is 8.86. The van der Waals surface area contributed by atoms with Crippen molar-refractivity contribution in [2.75, 3.05) is 0 Å². The van der Waals surface area contributed by atoms with Crippen molar-refractivity contribution in [1.82, 2.24) is 0 Å². The molecule has 19 heavy (non-hydrogen) atoms. The van der Waals surface area contributed by atoms with Gasteiger partial charge in [0.15, 0.2) is 0 Å². The molecule has 0 radical (unpaired) electrons. The lowest BCUT2D eigenvalue weighted by atomic mass is 9.93. The van der Waals surface area contributed by atoms with E-state index in [0.29, 0.717) is 6.54 Å². The van der Waals surface area contributed by atoms with E-state index in [1.807, 2.05) is 0 Å². The average Bonchev–Trinajstić information content (AvgIpc) is 2.45. The summed E-state index contributed by atoms with van der Waals surface area (Å²) in [4.78, 5) is 0. The van der Waals surface area contributed by atoms with E-state index >= 15 is 0 Å². The molecule has 2 aromatic rings. The van der Waals surface area contributed by atoms with E-state index in [9.17, 15) is 0 Å². The van der Waals surface area contributed by atoms with Gasteiger partial charge in [0.05, 0.1) is 0 Å². The largest absolute Gasteiger partial charge is 0.326 e. The average molecular weight is 276 g/mol. The van der Waals surface area contributed by atoms with Crippen LogP contribution in [0.2, 0.25) is 0 Å². The van der Waals surface area contributed by atoms with E-state index in [1.165, 1.54) is 35.1 Å². The maximum atomic E-state index is 5.84. The molecule has 0 unspecified atom stereocenters. The maximum Gasteiger partial charge on any atom is 0.0184 e. The number of unbranched alkanes of at least 4 members (excludes halogenated alkanes) is 1. The summed E-state index contributed by atoms with van der Waals surface area (Å²) in [5.41, 5.74) is 11.1. The Kier molecular flexibility index (Phi) is 6.61. The first kappa shape index (κ1) is 15.7. The Bertz CT molecular complexity index is 508. The molecule has 0 aliphatic rings. The predicted molar refractivity (Wildman–Crippen MR) is 85.6 cm³/mol. The first-order valence-electron chi connectivity index (χ1n) is 6.73. The van der Waals surface area contributed by atoms with Gasteiger partial charge in [-0.3, -0.25) is 0 Å². The van der Waals surface area contributed by atoms with Crippen LogP contribution in [0.4, 0.5) is 0 Å². The number of aryl methyl sites for hydroxylation is 1. The van der Waals surface area contributed by atoms with Crippen LogP contribution in [-0.4, -0.2) is 0 Å². The minimum atomic E-state index is 0. The molecule has 2 rings (SSSR count). The molecule has 1 nitrogen and oxygen atoms in total. The summed E-state index contributed by atoms with van der Waals surface area (Å²) in [5.74, 6) is 0. The van der Waals surface area contributed by atoms with E-state index in [4.69, 9.17) is 5.73 Å². The van der Waals surface area contributed by atoms with Crippen LogP contribution in [0.25, 0.3) is 11.1 Å². The van der Waals surface area contributed by atoms with Crippen LogP contribution in [0.1, 0.15) is 30.9 Å². The van der Waals surface area contributed by atoms with Gasteiger partial charge in [0.25, 0.3) is 0 Å². The van der Waals surface area contributed by atoms with E-state index in [0.717, 1.165) is 6.42 Å². The fourth-order valence-corrected chi connectivity index (χ4v) is 2.33. The molecular formula is C17H22ClN. The maximum absolute atomic E-state index is 5.84. The van der Waals surface area contributed by atoms with Crippen LogP contribution < -0.4 is 5.73 Å². The first-order valence-corrected chi connectivity index (χ1v) is 6.73. The Hall–Kier alpha value is -1.31. The molecule has 2 heteroatoms. The third kappa shape index (κ3) is 3.82. The fraction of sp³-hybridized carbons (Fsp3) is 0.294. The summed E-state index contributed by atoms with van der Waals surface area (Å²) in [6.07, 6.45) is 3.61. The predicted octanol–water partition coefficient (Wildman–Crippen LogP) is 4.58. The Labute approximate surface area is 122 Å². The highest BCUT2D eigenvalue weighted by atomic mass is 35.5. The molecule has 0 aromatic heterocycles. The Morgan fingerprint density at radius 1 is 0.842 bits per heavy atom. The van der Waals surface area contributed by atoms with Crippen molar-refractivity contribution in [3.63, 3.8) is 0 Å². The van der Waals surface area contributed by atoms with Gasteiger partial charge in [-0.05, 0) is 35.1 Å². The van der Waals surface area contributed by atoms with Gasteiger partial charge in [-0.2, -0.15) is 0 Å². The normalized spacial score (nSPS) is 10.0. The lowest BCUT2D eigenvalue weighted by Gasteiger charge is -2.12. The van der Waals surface area contributed by atoms with Crippen molar-refractivity contribution >= 4 is 12.4 Å². The van der Waals surface area contributed by atoms with Crippen LogP contribution in [-0.2, 0) is 13.0 Å². The summed E-state index contributed by atoms with van der Waals surface area (Å²) in [6, 6.07) is 17.1. The van der Waals surface area contributed by atoms with Crippen molar-refractivity contribution in [2.24, 2.45) is 5.73 Å². The third-order valence-electron chi connectivity index (χ3n) is 3.34. The lowest BCUT2D eigenvalue weighted by molar-refractivity contribution is 0.796. The molecule has 102 valence electrons. The molecule has 0 bridgehead atoms. The smallest absolute Gasteiger partial charge is 0.0184 e. The molecule has 2 N–H and O–H groups in total. The van der Waals surface area contributed by atoms with Gasteiger partial charge in [-0.1, -0.05) is 61.9 Å². The number of hydrogen-bond donors (Lipinski definition) is 1. The zero-order valence-corrected chi connectivity index (χ0v) is 12.2.